The van der Waals surface area contributed by atoms with E-state index < -0.39 is 0 Å². The molecule has 0 saturated carbocycles. The summed E-state index contributed by atoms with van der Waals surface area (Å²) in [6.07, 6.45) is 4.09. The van der Waals surface area contributed by atoms with Crippen LogP contribution in [0.25, 0.3) is 6.08 Å². The van der Waals surface area contributed by atoms with Crippen LogP contribution in [0.4, 0.5) is 0 Å². The van der Waals surface area contributed by atoms with Crippen LogP contribution in [-0.2, 0) is 6.54 Å². The van der Waals surface area contributed by atoms with Crippen molar-refractivity contribution in [1.29, 1.82) is 0 Å². The summed E-state index contributed by atoms with van der Waals surface area (Å²) in [5.74, 6) is 5.95. The van der Waals surface area contributed by atoms with Gasteiger partial charge in [0.1, 0.15) is 0 Å². The first kappa shape index (κ1) is 13.8. The van der Waals surface area contributed by atoms with Crippen LogP contribution in [0.3, 0.4) is 0 Å². The maximum atomic E-state index is 5.95. The standard InChI is InChI=1S/C16H17ClN2/c17-16-10-8-14(9-11-16)7-4-12-19(18)13-15-5-2-1-3-6-15/h1-11H,12-13,18H2. The van der Waals surface area contributed by atoms with Gasteiger partial charge in [-0.1, -0.05) is 66.2 Å². The van der Waals surface area contributed by atoms with Crippen molar-refractivity contribution in [2.45, 2.75) is 6.54 Å². The van der Waals surface area contributed by atoms with Gasteiger partial charge in [-0.15, -0.1) is 0 Å². The third-order valence-corrected chi connectivity index (χ3v) is 3.00. The van der Waals surface area contributed by atoms with E-state index in [2.05, 4.69) is 12.1 Å². The average molecular weight is 273 g/mol. The van der Waals surface area contributed by atoms with Gasteiger partial charge >= 0.3 is 0 Å². The molecule has 0 saturated heterocycles. The Balaban J connectivity index is 1.83. The molecule has 0 atom stereocenters. The summed E-state index contributed by atoms with van der Waals surface area (Å²) < 4.78 is 0. The zero-order chi connectivity index (χ0) is 13.5. The third-order valence-electron chi connectivity index (χ3n) is 2.75. The number of hydrazine groups is 1. The second-order valence-electron chi connectivity index (χ2n) is 4.37. The van der Waals surface area contributed by atoms with Crippen molar-refractivity contribution >= 4 is 17.7 Å². The predicted molar refractivity (Wildman–Crippen MR) is 81.5 cm³/mol. The van der Waals surface area contributed by atoms with Crippen LogP contribution in [0.15, 0.2) is 60.7 Å². The fourth-order valence-corrected chi connectivity index (χ4v) is 1.91. The molecule has 2 aromatic carbocycles. The quantitative estimate of drug-likeness (QED) is 0.664. The van der Waals surface area contributed by atoms with Crippen LogP contribution in [0, 0.1) is 0 Å². The predicted octanol–water partition coefficient (Wildman–Crippen LogP) is 3.73. The molecule has 0 aliphatic heterocycles. The molecule has 2 aromatic rings. The third kappa shape index (κ3) is 4.87. The molecular weight excluding hydrogens is 256 g/mol. The van der Waals surface area contributed by atoms with Gasteiger partial charge in [0.2, 0.25) is 0 Å². The molecule has 98 valence electrons. The molecule has 0 heterocycles. The molecular formula is C16H17ClN2. The molecule has 0 aliphatic carbocycles. The van der Waals surface area contributed by atoms with Crippen LogP contribution in [0.5, 0.6) is 0 Å². The lowest BCUT2D eigenvalue weighted by atomic mass is 10.2. The topological polar surface area (TPSA) is 29.3 Å². The Kier molecular flexibility index (Phi) is 5.16. The Bertz CT molecular complexity index is 520. The lowest BCUT2D eigenvalue weighted by Crippen LogP contribution is -2.30. The van der Waals surface area contributed by atoms with E-state index in [0.29, 0.717) is 6.54 Å². The van der Waals surface area contributed by atoms with E-state index in [0.717, 1.165) is 17.1 Å². The Morgan fingerprint density at radius 3 is 2.37 bits per heavy atom. The van der Waals surface area contributed by atoms with Crippen LogP contribution >= 0.6 is 11.6 Å². The highest BCUT2D eigenvalue weighted by atomic mass is 35.5. The molecule has 0 fully saturated rings. The van der Waals surface area contributed by atoms with Gasteiger partial charge in [0.25, 0.3) is 0 Å². The van der Waals surface area contributed by atoms with Crippen molar-refractivity contribution in [1.82, 2.24) is 5.01 Å². The van der Waals surface area contributed by atoms with E-state index in [4.69, 9.17) is 17.4 Å². The van der Waals surface area contributed by atoms with Gasteiger partial charge in [-0.25, -0.2) is 5.01 Å². The monoisotopic (exact) mass is 272 g/mol. The van der Waals surface area contributed by atoms with E-state index in [-0.39, 0.29) is 0 Å². The number of halogens is 1. The normalized spacial score (nSPS) is 11.3. The summed E-state index contributed by atoms with van der Waals surface area (Å²) in [5, 5.41) is 2.53. The fraction of sp³-hybridized carbons (Fsp3) is 0.125. The molecule has 2 rings (SSSR count). The van der Waals surface area contributed by atoms with Crippen molar-refractivity contribution in [3.63, 3.8) is 0 Å². The Morgan fingerprint density at radius 1 is 1.00 bits per heavy atom. The van der Waals surface area contributed by atoms with E-state index >= 15 is 0 Å². The number of hydrogen-bond acceptors (Lipinski definition) is 2. The molecule has 0 aliphatic rings. The summed E-state index contributed by atoms with van der Waals surface area (Å²) >= 11 is 5.83. The first-order chi connectivity index (χ1) is 9.24. The van der Waals surface area contributed by atoms with Crippen molar-refractivity contribution in [3.05, 3.63) is 76.8 Å². The SMILES string of the molecule is NN(CC=Cc1ccc(Cl)cc1)Cc1ccccc1. The van der Waals surface area contributed by atoms with E-state index in [1.165, 1.54) is 5.56 Å². The molecule has 0 aromatic heterocycles. The van der Waals surface area contributed by atoms with Crippen LogP contribution in [0.1, 0.15) is 11.1 Å². The zero-order valence-corrected chi connectivity index (χ0v) is 11.4. The van der Waals surface area contributed by atoms with Crippen molar-refractivity contribution < 1.29 is 0 Å². The maximum Gasteiger partial charge on any atom is 0.0406 e. The second kappa shape index (κ2) is 7.10. The second-order valence-corrected chi connectivity index (χ2v) is 4.81. The zero-order valence-electron chi connectivity index (χ0n) is 10.7. The molecule has 0 spiro atoms. The van der Waals surface area contributed by atoms with Gasteiger partial charge in [0.05, 0.1) is 0 Å². The lowest BCUT2D eigenvalue weighted by Gasteiger charge is -2.13. The van der Waals surface area contributed by atoms with Gasteiger partial charge in [-0.05, 0) is 23.3 Å². The number of nitrogens with two attached hydrogens (primary N) is 1. The Hall–Kier alpha value is -1.61. The number of rotatable bonds is 5. The largest absolute Gasteiger partial charge is 0.268 e. The molecule has 0 bridgehead atoms. The minimum atomic E-state index is 0.706. The van der Waals surface area contributed by atoms with Crippen molar-refractivity contribution in [2.24, 2.45) is 5.84 Å². The van der Waals surface area contributed by atoms with Gasteiger partial charge in [0.15, 0.2) is 0 Å². The molecule has 2 nitrogen and oxygen atoms in total. The number of hydrogen-bond donors (Lipinski definition) is 1. The average Bonchev–Trinajstić information content (AvgIpc) is 2.42. The number of benzene rings is 2. The van der Waals surface area contributed by atoms with Crippen molar-refractivity contribution in [3.8, 4) is 0 Å². The molecule has 2 N–H and O–H groups in total. The van der Waals surface area contributed by atoms with Gasteiger partial charge < -0.3 is 0 Å². The highest BCUT2D eigenvalue weighted by Gasteiger charge is 1.97. The first-order valence-corrected chi connectivity index (χ1v) is 6.57. The Labute approximate surface area is 119 Å². The summed E-state index contributed by atoms with van der Waals surface area (Å²) in [6.45, 7) is 1.45. The van der Waals surface area contributed by atoms with Gasteiger partial charge in [-0.2, -0.15) is 0 Å². The van der Waals surface area contributed by atoms with E-state index in [1.807, 2.05) is 54.6 Å². The molecule has 3 heteroatoms. The lowest BCUT2D eigenvalue weighted by molar-refractivity contribution is 0.307. The van der Waals surface area contributed by atoms with Gasteiger partial charge in [0, 0.05) is 18.1 Å². The van der Waals surface area contributed by atoms with Gasteiger partial charge in [-0.3, -0.25) is 5.84 Å². The number of nitrogens with zero attached hydrogens (tertiary/aromatic N) is 1. The van der Waals surface area contributed by atoms with Crippen LogP contribution in [-0.4, -0.2) is 11.6 Å². The Morgan fingerprint density at radius 2 is 1.68 bits per heavy atom. The highest BCUT2D eigenvalue weighted by molar-refractivity contribution is 6.30. The smallest absolute Gasteiger partial charge is 0.0406 e. The minimum Gasteiger partial charge on any atom is -0.268 e. The van der Waals surface area contributed by atoms with Crippen LogP contribution < -0.4 is 5.84 Å². The molecule has 0 amide bonds. The highest BCUT2D eigenvalue weighted by Crippen LogP contribution is 2.10. The van der Waals surface area contributed by atoms with Crippen molar-refractivity contribution in [2.75, 3.05) is 6.54 Å². The van der Waals surface area contributed by atoms with E-state index in [9.17, 15) is 0 Å². The minimum absolute atomic E-state index is 0.706. The van der Waals surface area contributed by atoms with Crippen LogP contribution in [0.2, 0.25) is 5.02 Å². The summed E-state index contributed by atoms with van der Waals surface area (Å²) in [6, 6.07) is 17.9. The fourth-order valence-electron chi connectivity index (χ4n) is 1.78. The molecule has 0 unspecified atom stereocenters. The summed E-state index contributed by atoms with van der Waals surface area (Å²) in [5.41, 5.74) is 2.34. The first-order valence-electron chi connectivity index (χ1n) is 6.20. The molecule has 19 heavy (non-hydrogen) atoms. The maximum absolute atomic E-state index is 5.95. The van der Waals surface area contributed by atoms with E-state index in [1.54, 1.807) is 5.01 Å². The molecule has 0 radical (unpaired) electrons. The summed E-state index contributed by atoms with van der Waals surface area (Å²) in [4.78, 5) is 0. The summed E-state index contributed by atoms with van der Waals surface area (Å²) in [7, 11) is 0.